The molecule has 2 saturated carbocycles. The zero-order valence-corrected chi connectivity index (χ0v) is 23.5. The SMILES string of the molecule is COC1CCCCC1C1CC(C)NCC1C(=O)NC1NC2CN(C(=O)C3(C4CCCCN4)CC3)CC2S1. The van der Waals surface area contributed by atoms with Gasteiger partial charge in [-0.05, 0) is 70.3 Å². The quantitative estimate of drug-likeness (QED) is 0.415. The number of hydrogen-bond donors (Lipinski definition) is 4. The highest BCUT2D eigenvalue weighted by Gasteiger charge is 2.58. The van der Waals surface area contributed by atoms with E-state index < -0.39 is 0 Å². The van der Waals surface area contributed by atoms with Crippen LogP contribution in [-0.4, -0.2) is 85.0 Å². The summed E-state index contributed by atoms with van der Waals surface area (Å²) in [5.41, 5.74) is -0.212. The van der Waals surface area contributed by atoms with Crippen LogP contribution >= 0.6 is 11.8 Å². The molecule has 0 spiro atoms. The molecule has 8 nitrogen and oxygen atoms in total. The Morgan fingerprint density at radius 1 is 1.03 bits per heavy atom. The smallest absolute Gasteiger partial charge is 0.230 e. The van der Waals surface area contributed by atoms with E-state index in [0.717, 1.165) is 58.3 Å². The summed E-state index contributed by atoms with van der Waals surface area (Å²) in [6.45, 7) is 5.59. The molecular weight excluding hydrogens is 486 g/mol. The second kappa shape index (κ2) is 11.0. The predicted molar refractivity (Wildman–Crippen MR) is 146 cm³/mol. The van der Waals surface area contributed by atoms with Crippen LogP contribution in [0.1, 0.15) is 71.1 Å². The average molecular weight is 534 g/mol. The normalized spacial score (nSPS) is 43.3. The van der Waals surface area contributed by atoms with Gasteiger partial charge in [0.1, 0.15) is 5.50 Å². The van der Waals surface area contributed by atoms with Gasteiger partial charge in [-0.2, -0.15) is 0 Å². The highest BCUT2D eigenvalue weighted by atomic mass is 32.2. The molecule has 0 radical (unpaired) electrons. The van der Waals surface area contributed by atoms with E-state index in [-0.39, 0.29) is 34.9 Å². The van der Waals surface area contributed by atoms with Gasteiger partial charge in [0, 0.05) is 50.1 Å². The first-order valence-corrected chi connectivity index (χ1v) is 15.9. The van der Waals surface area contributed by atoms with Crippen LogP contribution in [-0.2, 0) is 14.3 Å². The summed E-state index contributed by atoms with van der Waals surface area (Å²) in [7, 11) is 1.84. The molecule has 0 aromatic carbocycles. The van der Waals surface area contributed by atoms with E-state index in [4.69, 9.17) is 4.74 Å². The number of methoxy groups -OCH3 is 1. The van der Waals surface area contributed by atoms with E-state index in [1.165, 1.54) is 32.1 Å². The lowest BCUT2D eigenvalue weighted by Crippen LogP contribution is -2.55. The van der Waals surface area contributed by atoms with E-state index in [9.17, 15) is 9.59 Å². The third-order valence-electron chi connectivity index (χ3n) is 10.5. The van der Waals surface area contributed by atoms with Crippen molar-refractivity contribution in [3.8, 4) is 0 Å². The molecule has 4 N–H and O–H groups in total. The second-order valence-electron chi connectivity index (χ2n) is 12.7. The molecule has 0 bridgehead atoms. The molecule has 6 aliphatic rings. The van der Waals surface area contributed by atoms with Gasteiger partial charge < -0.3 is 25.6 Å². The van der Waals surface area contributed by atoms with Crippen molar-refractivity contribution in [3.05, 3.63) is 0 Å². The lowest BCUT2D eigenvalue weighted by Gasteiger charge is -2.44. The molecule has 9 atom stereocenters. The maximum Gasteiger partial charge on any atom is 0.230 e. The number of fused-ring (bicyclic) bond motifs is 1. The zero-order valence-electron chi connectivity index (χ0n) is 22.7. The van der Waals surface area contributed by atoms with Crippen molar-refractivity contribution < 1.29 is 14.3 Å². The van der Waals surface area contributed by atoms with Gasteiger partial charge >= 0.3 is 0 Å². The molecule has 4 aliphatic heterocycles. The van der Waals surface area contributed by atoms with Crippen LogP contribution in [0.4, 0.5) is 0 Å². The minimum absolute atomic E-state index is 0.0180. The molecule has 0 aromatic heterocycles. The number of rotatable bonds is 6. The molecule has 2 aliphatic carbocycles. The summed E-state index contributed by atoms with van der Waals surface area (Å²) in [6.07, 6.45) is 11.7. The van der Waals surface area contributed by atoms with Gasteiger partial charge in [0.25, 0.3) is 0 Å². The lowest BCUT2D eigenvalue weighted by atomic mass is 9.68. The zero-order chi connectivity index (χ0) is 25.6. The van der Waals surface area contributed by atoms with Crippen LogP contribution in [0.5, 0.6) is 0 Å². The Labute approximate surface area is 226 Å². The Hall–Kier alpha value is -0.870. The molecule has 4 heterocycles. The van der Waals surface area contributed by atoms with Crippen LogP contribution in [0.15, 0.2) is 0 Å². The summed E-state index contributed by atoms with van der Waals surface area (Å²) in [5.74, 6) is 1.35. The molecule has 4 saturated heterocycles. The van der Waals surface area contributed by atoms with Crippen LogP contribution < -0.4 is 21.3 Å². The Balaban J connectivity index is 1.04. The van der Waals surface area contributed by atoms with E-state index in [1.807, 2.05) is 7.11 Å². The van der Waals surface area contributed by atoms with Gasteiger partial charge in [-0.25, -0.2) is 0 Å². The fourth-order valence-corrected chi connectivity index (χ4v) is 9.65. The highest BCUT2D eigenvalue weighted by molar-refractivity contribution is 8.00. The van der Waals surface area contributed by atoms with Crippen LogP contribution in [0.25, 0.3) is 0 Å². The van der Waals surface area contributed by atoms with Crippen molar-refractivity contribution in [1.29, 1.82) is 0 Å². The maximum atomic E-state index is 13.6. The molecule has 9 unspecified atom stereocenters. The summed E-state index contributed by atoms with van der Waals surface area (Å²) in [4.78, 5) is 29.3. The molecule has 37 heavy (non-hydrogen) atoms. The summed E-state index contributed by atoms with van der Waals surface area (Å²) < 4.78 is 5.90. The first-order chi connectivity index (χ1) is 18.0. The van der Waals surface area contributed by atoms with Crippen LogP contribution in [0.3, 0.4) is 0 Å². The largest absolute Gasteiger partial charge is 0.381 e. The monoisotopic (exact) mass is 533 g/mol. The molecule has 208 valence electrons. The third-order valence-corrected chi connectivity index (χ3v) is 11.8. The van der Waals surface area contributed by atoms with Gasteiger partial charge in [-0.15, -0.1) is 11.8 Å². The number of piperidine rings is 2. The number of nitrogens with zero attached hydrogens (tertiary/aromatic N) is 1. The van der Waals surface area contributed by atoms with Crippen molar-refractivity contribution in [2.75, 3.05) is 33.3 Å². The number of carbonyl (C=O) groups excluding carboxylic acids is 2. The Kier molecular flexibility index (Phi) is 7.80. The number of thioether (sulfide) groups is 1. The number of nitrogens with one attached hydrogen (secondary N) is 4. The van der Waals surface area contributed by atoms with Gasteiger partial charge in [-0.3, -0.25) is 14.9 Å². The predicted octanol–water partition coefficient (Wildman–Crippen LogP) is 2.04. The lowest BCUT2D eigenvalue weighted by molar-refractivity contribution is -0.137. The van der Waals surface area contributed by atoms with Gasteiger partial charge in [0.2, 0.25) is 11.8 Å². The third kappa shape index (κ3) is 5.20. The van der Waals surface area contributed by atoms with Crippen molar-refractivity contribution in [2.24, 2.45) is 23.2 Å². The summed E-state index contributed by atoms with van der Waals surface area (Å²) in [6, 6.07) is 1.06. The Morgan fingerprint density at radius 2 is 1.84 bits per heavy atom. The van der Waals surface area contributed by atoms with E-state index in [2.05, 4.69) is 33.1 Å². The van der Waals surface area contributed by atoms with Crippen LogP contribution in [0, 0.1) is 23.2 Å². The molecule has 9 heteroatoms. The molecule has 0 aromatic rings. The Morgan fingerprint density at radius 3 is 2.57 bits per heavy atom. The molecule has 6 rings (SSSR count). The molecule has 2 amide bonds. The maximum absolute atomic E-state index is 13.6. The average Bonchev–Trinajstić information content (AvgIpc) is 3.52. The van der Waals surface area contributed by atoms with Gasteiger partial charge in [0.05, 0.1) is 17.4 Å². The van der Waals surface area contributed by atoms with E-state index in [1.54, 1.807) is 11.8 Å². The van der Waals surface area contributed by atoms with Crippen LogP contribution in [0.2, 0.25) is 0 Å². The van der Waals surface area contributed by atoms with Gasteiger partial charge in [-0.1, -0.05) is 19.3 Å². The van der Waals surface area contributed by atoms with E-state index in [0.29, 0.717) is 35.1 Å². The topological polar surface area (TPSA) is 94.7 Å². The number of hydrogen-bond acceptors (Lipinski definition) is 7. The van der Waals surface area contributed by atoms with Crippen molar-refractivity contribution in [2.45, 2.75) is 106 Å². The van der Waals surface area contributed by atoms with Gasteiger partial charge in [0.15, 0.2) is 0 Å². The van der Waals surface area contributed by atoms with Crippen molar-refractivity contribution in [1.82, 2.24) is 26.2 Å². The fraction of sp³-hybridized carbons (Fsp3) is 0.929. The van der Waals surface area contributed by atoms with Crippen molar-refractivity contribution in [3.63, 3.8) is 0 Å². The standard InChI is InChI=1S/C28H47N5O3S/c1-17-13-19(18-7-3-4-8-22(18)36-2)20(14-30-17)25(34)32-27-31-21-15-33(16-23(21)37-27)26(35)28(10-11-28)24-9-5-6-12-29-24/h17-24,27,29-31H,3-16H2,1-2H3,(H,32,34). The number of amides is 2. The summed E-state index contributed by atoms with van der Waals surface area (Å²) in [5, 5.41) is 14.6. The first kappa shape index (κ1) is 26.4. The fourth-order valence-electron chi connectivity index (χ4n) is 8.25. The number of ether oxygens (including phenoxy) is 1. The van der Waals surface area contributed by atoms with E-state index >= 15 is 0 Å². The van der Waals surface area contributed by atoms with Crippen molar-refractivity contribution >= 4 is 23.6 Å². The number of carbonyl (C=O) groups is 2. The number of likely N-dealkylation sites (tertiary alicyclic amines) is 1. The highest BCUT2D eigenvalue weighted by Crippen LogP contribution is 2.53. The minimum Gasteiger partial charge on any atom is -0.381 e. The first-order valence-electron chi connectivity index (χ1n) is 15.0. The molecule has 6 fully saturated rings. The summed E-state index contributed by atoms with van der Waals surface area (Å²) >= 11 is 1.81. The second-order valence-corrected chi connectivity index (χ2v) is 14.1. The minimum atomic E-state index is -0.142. The molecular formula is C28H47N5O3S. The Bertz CT molecular complexity index is 836.